The summed E-state index contributed by atoms with van der Waals surface area (Å²) in [5, 5.41) is 10.9. The van der Waals surface area contributed by atoms with Gasteiger partial charge >= 0.3 is 0 Å². The predicted octanol–water partition coefficient (Wildman–Crippen LogP) is 1.60. The van der Waals surface area contributed by atoms with Gasteiger partial charge in [-0.05, 0) is 37.1 Å². The van der Waals surface area contributed by atoms with E-state index in [9.17, 15) is 4.79 Å². The van der Waals surface area contributed by atoms with Gasteiger partial charge < -0.3 is 19.1 Å². The number of carbonyl (C=O) groups is 1. The van der Waals surface area contributed by atoms with Crippen LogP contribution in [0.4, 0.5) is 5.69 Å². The highest BCUT2D eigenvalue weighted by Crippen LogP contribution is 2.19. The van der Waals surface area contributed by atoms with Crippen LogP contribution < -0.4 is 10.2 Å². The second kappa shape index (κ2) is 7.31. The Kier molecular flexibility index (Phi) is 4.95. The molecule has 0 spiro atoms. The molecule has 0 aliphatic rings. The van der Waals surface area contributed by atoms with E-state index in [4.69, 9.17) is 8.83 Å². The Morgan fingerprint density at radius 1 is 1.16 bits per heavy atom. The first kappa shape index (κ1) is 16.9. The van der Waals surface area contributed by atoms with E-state index in [0.717, 1.165) is 21.7 Å². The summed E-state index contributed by atoms with van der Waals surface area (Å²) < 4.78 is 10.8. The van der Waals surface area contributed by atoms with E-state index in [0.29, 0.717) is 30.6 Å². The molecule has 1 aromatic carbocycles. The molecule has 0 radical (unpaired) electrons. The number of benzene rings is 1. The molecule has 2 heterocycles. The number of hydrogen-bond donors (Lipinski definition) is 2. The number of likely N-dealkylation sites (N-methyl/N-ethyl adjacent to an activating group) is 1. The normalized spacial score (nSPS) is 12.1. The third kappa shape index (κ3) is 4.13. The number of nitrogens with one attached hydrogen (secondary N) is 2. The molecule has 3 rings (SSSR count). The molecule has 7 heteroatoms. The molecule has 0 aliphatic heterocycles. The Bertz CT molecular complexity index is 835. The van der Waals surface area contributed by atoms with Crippen LogP contribution >= 0.6 is 0 Å². The monoisotopic (exact) mass is 341 g/mol. The lowest BCUT2D eigenvalue weighted by Gasteiger charge is -2.14. The Labute approximate surface area is 145 Å². The molecule has 2 aromatic heterocycles. The lowest BCUT2D eigenvalue weighted by atomic mass is 10.1. The summed E-state index contributed by atoms with van der Waals surface area (Å²) in [5.41, 5.74) is 2.97. The van der Waals surface area contributed by atoms with Gasteiger partial charge in [0, 0.05) is 5.69 Å². The van der Waals surface area contributed by atoms with Crippen molar-refractivity contribution in [2.45, 2.75) is 20.4 Å². The fourth-order valence-electron chi connectivity index (χ4n) is 2.61. The van der Waals surface area contributed by atoms with E-state index >= 15 is 0 Å². The summed E-state index contributed by atoms with van der Waals surface area (Å²) in [7, 11) is 1.90. The Hall–Kier alpha value is -2.93. The number of carbonyl (C=O) groups excluding carboxylic acids is 1. The third-order valence-corrected chi connectivity index (χ3v) is 3.86. The topological polar surface area (TPSA) is 85.6 Å². The second-order valence-electron chi connectivity index (χ2n) is 6.10. The largest absolute Gasteiger partial charge is 0.459 e. The maximum atomic E-state index is 12.3. The highest BCUT2D eigenvalue weighted by atomic mass is 16.4. The van der Waals surface area contributed by atoms with E-state index in [1.165, 1.54) is 0 Å². The summed E-state index contributed by atoms with van der Waals surface area (Å²) >= 11 is 0. The minimum absolute atomic E-state index is 0.0549. The zero-order valence-corrected chi connectivity index (χ0v) is 14.5. The van der Waals surface area contributed by atoms with Gasteiger partial charge in [0.15, 0.2) is 18.8 Å². The fraction of sp³-hybridized carbons (Fsp3) is 0.278. The number of aryl methyl sites for hydroxylation is 2. The van der Waals surface area contributed by atoms with Crippen LogP contribution in [-0.4, -0.2) is 29.7 Å². The number of furan rings is 1. The van der Waals surface area contributed by atoms with Crippen LogP contribution in [0.5, 0.6) is 0 Å². The third-order valence-electron chi connectivity index (χ3n) is 3.86. The Balaban J connectivity index is 1.57. The van der Waals surface area contributed by atoms with Crippen molar-refractivity contribution >= 4 is 11.6 Å². The number of hydrogen-bond acceptors (Lipinski definition) is 5. The first-order valence-corrected chi connectivity index (χ1v) is 8.06. The molecule has 7 nitrogen and oxygen atoms in total. The van der Waals surface area contributed by atoms with E-state index in [1.54, 1.807) is 18.4 Å². The molecule has 0 saturated carbocycles. The summed E-state index contributed by atoms with van der Waals surface area (Å²) in [6, 6.07) is 9.45. The van der Waals surface area contributed by atoms with Crippen molar-refractivity contribution in [3.63, 3.8) is 0 Å². The first-order chi connectivity index (χ1) is 12.0. The minimum Gasteiger partial charge on any atom is -0.459 e. The molecular formula is C18H21N4O3+. The standard InChI is InChI=1S/C18H20N4O3/c1-12-6-4-7-13(2)17(12)19-15(23)10-22(3)11-16-20-21-18(25-16)14-8-5-9-24-14/h4-9H,10-11H2,1-3H3,(H,19,23)/p+1. The molecule has 1 amide bonds. The van der Waals surface area contributed by atoms with Gasteiger partial charge in [0.1, 0.15) is 0 Å². The summed E-state index contributed by atoms with van der Waals surface area (Å²) in [4.78, 5) is 13.2. The highest BCUT2D eigenvalue weighted by Gasteiger charge is 2.17. The maximum absolute atomic E-state index is 12.3. The van der Waals surface area contributed by atoms with Crippen molar-refractivity contribution in [3.05, 3.63) is 53.6 Å². The minimum atomic E-state index is -0.0549. The van der Waals surface area contributed by atoms with E-state index in [-0.39, 0.29) is 5.91 Å². The second-order valence-corrected chi connectivity index (χ2v) is 6.10. The van der Waals surface area contributed by atoms with Gasteiger partial charge in [-0.3, -0.25) is 4.79 Å². The number of para-hydroxylation sites is 1. The number of amides is 1. The Morgan fingerprint density at radius 2 is 1.92 bits per heavy atom. The zero-order chi connectivity index (χ0) is 17.8. The average molecular weight is 341 g/mol. The van der Waals surface area contributed by atoms with Crippen LogP contribution in [-0.2, 0) is 11.3 Å². The SMILES string of the molecule is Cc1cccc(C)c1NC(=O)C[NH+](C)Cc1nnc(-c2ccco2)o1. The molecule has 0 fully saturated rings. The van der Waals surface area contributed by atoms with Crippen LogP contribution in [0.2, 0.25) is 0 Å². The number of nitrogens with zero attached hydrogens (tertiary/aromatic N) is 2. The summed E-state index contributed by atoms with van der Waals surface area (Å²) in [6.45, 7) is 4.71. The predicted molar refractivity (Wildman–Crippen MR) is 92.0 cm³/mol. The molecule has 0 saturated heterocycles. The van der Waals surface area contributed by atoms with Gasteiger partial charge in [0.25, 0.3) is 17.7 Å². The lowest BCUT2D eigenvalue weighted by Crippen LogP contribution is -3.08. The van der Waals surface area contributed by atoms with Crippen LogP contribution in [0.1, 0.15) is 17.0 Å². The molecular weight excluding hydrogens is 320 g/mol. The molecule has 1 unspecified atom stereocenters. The fourth-order valence-corrected chi connectivity index (χ4v) is 2.61. The van der Waals surface area contributed by atoms with Crippen molar-refractivity contribution in [2.24, 2.45) is 0 Å². The summed E-state index contributed by atoms with van der Waals surface area (Å²) in [5.74, 6) is 1.28. The van der Waals surface area contributed by atoms with Crippen molar-refractivity contribution < 1.29 is 18.5 Å². The van der Waals surface area contributed by atoms with Gasteiger partial charge in [-0.25, -0.2) is 0 Å². The van der Waals surface area contributed by atoms with Crippen molar-refractivity contribution in [2.75, 3.05) is 18.9 Å². The lowest BCUT2D eigenvalue weighted by molar-refractivity contribution is -0.886. The Morgan fingerprint density at radius 3 is 2.60 bits per heavy atom. The average Bonchev–Trinajstić information content (AvgIpc) is 3.22. The number of rotatable bonds is 6. The quantitative estimate of drug-likeness (QED) is 0.711. The molecule has 0 bridgehead atoms. The number of quaternary nitrogens is 1. The van der Waals surface area contributed by atoms with Crippen LogP contribution in [0.3, 0.4) is 0 Å². The summed E-state index contributed by atoms with van der Waals surface area (Å²) in [6.07, 6.45) is 1.55. The van der Waals surface area contributed by atoms with E-state index < -0.39 is 0 Å². The van der Waals surface area contributed by atoms with Gasteiger partial charge in [-0.15, -0.1) is 10.2 Å². The molecule has 130 valence electrons. The van der Waals surface area contributed by atoms with Gasteiger partial charge in [0.2, 0.25) is 0 Å². The molecule has 25 heavy (non-hydrogen) atoms. The molecule has 0 aliphatic carbocycles. The highest BCUT2D eigenvalue weighted by molar-refractivity contribution is 5.93. The van der Waals surface area contributed by atoms with Crippen molar-refractivity contribution in [3.8, 4) is 11.7 Å². The van der Waals surface area contributed by atoms with Gasteiger partial charge in [0.05, 0.1) is 13.3 Å². The van der Waals surface area contributed by atoms with Crippen molar-refractivity contribution in [1.82, 2.24) is 10.2 Å². The van der Waals surface area contributed by atoms with E-state index in [2.05, 4.69) is 15.5 Å². The zero-order valence-electron chi connectivity index (χ0n) is 14.5. The molecule has 3 aromatic rings. The van der Waals surface area contributed by atoms with Crippen LogP contribution in [0.15, 0.2) is 45.4 Å². The molecule has 2 N–H and O–H groups in total. The van der Waals surface area contributed by atoms with Gasteiger partial charge in [-0.1, -0.05) is 18.2 Å². The van der Waals surface area contributed by atoms with Crippen LogP contribution in [0, 0.1) is 13.8 Å². The number of anilines is 1. The number of aromatic nitrogens is 2. The first-order valence-electron chi connectivity index (χ1n) is 8.06. The van der Waals surface area contributed by atoms with Crippen LogP contribution in [0.25, 0.3) is 11.7 Å². The van der Waals surface area contributed by atoms with Crippen molar-refractivity contribution in [1.29, 1.82) is 0 Å². The molecule has 1 atom stereocenters. The van der Waals surface area contributed by atoms with E-state index in [1.807, 2.05) is 39.1 Å². The van der Waals surface area contributed by atoms with Gasteiger partial charge in [-0.2, -0.15) is 0 Å². The maximum Gasteiger partial charge on any atom is 0.283 e. The smallest absolute Gasteiger partial charge is 0.283 e.